The van der Waals surface area contributed by atoms with E-state index in [9.17, 15) is 14.4 Å². The van der Waals surface area contributed by atoms with Crippen molar-refractivity contribution in [1.82, 2.24) is 10.2 Å². The van der Waals surface area contributed by atoms with Crippen molar-refractivity contribution < 1.29 is 15.8 Å². The maximum Gasteiger partial charge on any atom is 0.255 e. The van der Waals surface area contributed by atoms with Gasteiger partial charge in [0.15, 0.2) is 0 Å². The Labute approximate surface area is 105 Å². The van der Waals surface area contributed by atoms with Crippen LogP contribution in [-0.4, -0.2) is 28.7 Å². The first-order chi connectivity index (χ1) is 9.06. The van der Waals surface area contributed by atoms with Crippen LogP contribution in [0.4, 0.5) is 0 Å². The van der Waals surface area contributed by atoms with E-state index in [-0.39, 0.29) is 18.2 Å². The third-order valence-corrected chi connectivity index (χ3v) is 3.37. The molecule has 1 saturated heterocycles. The first-order valence-electron chi connectivity index (χ1n) is 6.30. The lowest BCUT2D eigenvalue weighted by Crippen LogP contribution is -2.52. The van der Waals surface area contributed by atoms with Crippen LogP contribution >= 0.6 is 0 Å². The molecule has 0 aromatic heterocycles. The Bertz CT molecular complexity index is 600. The van der Waals surface area contributed by atoms with Crippen molar-refractivity contribution in [3.63, 3.8) is 0 Å². The molecule has 1 aromatic rings. The first kappa shape index (κ1) is 9.82. The molecule has 5 nitrogen and oxygen atoms in total. The molecule has 0 aliphatic carbocycles. The molecule has 1 atom stereocenters. The number of nitrogens with zero attached hydrogens (tertiary/aromatic N) is 1. The van der Waals surface area contributed by atoms with Gasteiger partial charge in [0.1, 0.15) is 6.04 Å². The van der Waals surface area contributed by atoms with Gasteiger partial charge in [-0.2, -0.15) is 0 Å². The van der Waals surface area contributed by atoms with E-state index in [4.69, 9.17) is 1.37 Å². The summed E-state index contributed by atoms with van der Waals surface area (Å²) in [4.78, 5) is 36.6. The lowest BCUT2D eigenvalue weighted by atomic mass is 10.0. The van der Waals surface area contributed by atoms with Gasteiger partial charge in [0, 0.05) is 18.5 Å². The van der Waals surface area contributed by atoms with Crippen molar-refractivity contribution in [2.75, 3.05) is 0 Å². The van der Waals surface area contributed by atoms with Crippen LogP contribution in [0.1, 0.15) is 30.1 Å². The second kappa shape index (κ2) is 3.94. The fourth-order valence-electron chi connectivity index (χ4n) is 2.45. The molecule has 1 N–H and O–H groups in total. The summed E-state index contributed by atoms with van der Waals surface area (Å²) in [7, 11) is 0. The Morgan fingerprint density at radius 3 is 2.94 bits per heavy atom. The van der Waals surface area contributed by atoms with Gasteiger partial charge in [-0.15, -0.1) is 0 Å². The molecule has 5 heteroatoms. The minimum Gasteiger partial charge on any atom is -0.322 e. The predicted octanol–water partition coefficient (Wildman–Crippen LogP) is 0.448. The minimum atomic E-state index is -0.591. The summed E-state index contributed by atoms with van der Waals surface area (Å²) < 4.78 is 7.55. The number of rotatable bonds is 1. The van der Waals surface area contributed by atoms with Gasteiger partial charge in [0.05, 0.1) is 1.37 Å². The van der Waals surface area contributed by atoms with Gasteiger partial charge in [-0.05, 0) is 18.1 Å². The second-order valence-corrected chi connectivity index (χ2v) is 4.48. The smallest absolute Gasteiger partial charge is 0.255 e. The molecule has 3 rings (SSSR count). The molecule has 2 heterocycles. The number of carbonyl (C=O) groups is 3. The number of fused-ring (bicyclic) bond motifs is 1. The summed E-state index contributed by atoms with van der Waals surface area (Å²) >= 11 is 0. The van der Waals surface area contributed by atoms with E-state index in [1.165, 1.54) is 4.90 Å². The van der Waals surface area contributed by atoms with Crippen LogP contribution in [0.25, 0.3) is 0 Å². The summed E-state index contributed by atoms with van der Waals surface area (Å²) in [5.41, 5.74) is 1.31. The van der Waals surface area contributed by atoms with Gasteiger partial charge >= 0.3 is 0 Å². The topological polar surface area (TPSA) is 66.5 Å². The standard InChI is InChI=1S/C13H12N2O3/c16-11-6-5-10(12(17)14-11)15-7-8-3-1-2-4-9(8)13(15)18/h1-4,10H,5-7H2,(H,14,16,17)/i1D. The molecule has 0 radical (unpaired) electrons. The number of piperidine rings is 1. The molecule has 2 aliphatic heterocycles. The summed E-state index contributed by atoms with van der Waals surface area (Å²) in [6.45, 7) is 0.327. The van der Waals surface area contributed by atoms with Crippen LogP contribution in [0.5, 0.6) is 0 Å². The fourth-order valence-corrected chi connectivity index (χ4v) is 2.45. The number of amides is 3. The molecule has 92 valence electrons. The van der Waals surface area contributed by atoms with Gasteiger partial charge in [0.2, 0.25) is 11.8 Å². The van der Waals surface area contributed by atoms with Crippen LogP contribution in [0.2, 0.25) is 0 Å². The number of nitrogens with one attached hydrogen (secondary N) is 1. The summed E-state index contributed by atoms with van der Waals surface area (Å²) in [6.07, 6.45) is 0.609. The molecule has 3 amide bonds. The van der Waals surface area contributed by atoms with E-state index in [1.807, 2.05) is 0 Å². The van der Waals surface area contributed by atoms with Crippen LogP contribution in [0, 0.1) is 0 Å². The summed E-state index contributed by atoms with van der Waals surface area (Å²) in [6, 6.07) is 4.57. The monoisotopic (exact) mass is 245 g/mol. The number of hydrogen-bond donors (Lipinski definition) is 1. The van der Waals surface area contributed by atoms with Crippen molar-refractivity contribution in [2.45, 2.75) is 25.4 Å². The third-order valence-electron chi connectivity index (χ3n) is 3.37. The largest absolute Gasteiger partial charge is 0.322 e. The Morgan fingerprint density at radius 2 is 2.17 bits per heavy atom. The molecule has 1 aromatic carbocycles. The first-order valence-corrected chi connectivity index (χ1v) is 5.80. The van der Waals surface area contributed by atoms with E-state index in [1.54, 1.807) is 18.2 Å². The van der Waals surface area contributed by atoms with Gasteiger partial charge in [-0.25, -0.2) is 0 Å². The molecule has 0 spiro atoms. The van der Waals surface area contributed by atoms with E-state index >= 15 is 0 Å². The van der Waals surface area contributed by atoms with Crippen molar-refractivity contribution in [3.05, 3.63) is 35.4 Å². The third kappa shape index (κ3) is 1.59. The lowest BCUT2D eigenvalue weighted by Gasteiger charge is -2.29. The van der Waals surface area contributed by atoms with Gasteiger partial charge in [-0.3, -0.25) is 19.7 Å². The molecular formula is C13H12N2O3. The van der Waals surface area contributed by atoms with E-state index < -0.39 is 11.9 Å². The SMILES string of the molecule is [2H]c1ccc2c(c1)CN(C1CCC(=O)NC1=O)C2=O. The highest BCUT2D eigenvalue weighted by atomic mass is 16.2. The maximum absolute atomic E-state index is 12.2. The van der Waals surface area contributed by atoms with Crippen molar-refractivity contribution in [2.24, 2.45) is 0 Å². The average molecular weight is 245 g/mol. The number of imide groups is 1. The Kier molecular flexibility index (Phi) is 2.15. The van der Waals surface area contributed by atoms with Gasteiger partial charge in [-0.1, -0.05) is 18.2 Å². The molecule has 2 aliphatic rings. The minimum absolute atomic E-state index is 0.204. The fraction of sp³-hybridized carbons (Fsp3) is 0.308. The van der Waals surface area contributed by atoms with E-state index in [0.717, 1.165) is 5.56 Å². The zero-order valence-corrected chi connectivity index (χ0v) is 9.60. The van der Waals surface area contributed by atoms with Gasteiger partial charge in [0.25, 0.3) is 5.91 Å². The molecule has 1 unspecified atom stereocenters. The second-order valence-electron chi connectivity index (χ2n) is 4.48. The zero-order chi connectivity index (χ0) is 13.6. The van der Waals surface area contributed by atoms with Crippen LogP contribution in [0.3, 0.4) is 0 Å². The van der Waals surface area contributed by atoms with Crippen LogP contribution in [-0.2, 0) is 16.1 Å². The Balaban J connectivity index is 1.87. The van der Waals surface area contributed by atoms with Crippen molar-refractivity contribution in [1.29, 1.82) is 0 Å². The Morgan fingerprint density at radius 1 is 1.33 bits per heavy atom. The highest BCUT2D eigenvalue weighted by Gasteiger charge is 2.38. The quantitative estimate of drug-likeness (QED) is 0.730. The number of carbonyl (C=O) groups excluding carboxylic acids is 3. The molecular weight excluding hydrogens is 232 g/mol. The zero-order valence-electron chi connectivity index (χ0n) is 10.6. The predicted molar refractivity (Wildman–Crippen MR) is 62.5 cm³/mol. The lowest BCUT2D eigenvalue weighted by molar-refractivity contribution is -0.136. The van der Waals surface area contributed by atoms with Crippen LogP contribution < -0.4 is 5.32 Å². The molecule has 0 saturated carbocycles. The summed E-state index contributed by atoms with van der Waals surface area (Å²) in [5.74, 6) is -0.910. The van der Waals surface area contributed by atoms with Gasteiger partial charge < -0.3 is 4.90 Å². The molecule has 18 heavy (non-hydrogen) atoms. The molecule has 0 bridgehead atoms. The Hall–Kier alpha value is -2.17. The maximum atomic E-state index is 12.2. The highest BCUT2D eigenvalue weighted by Crippen LogP contribution is 2.26. The highest BCUT2D eigenvalue weighted by molar-refractivity contribution is 6.05. The van der Waals surface area contributed by atoms with Crippen LogP contribution in [0.15, 0.2) is 24.2 Å². The van der Waals surface area contributed by atoms with E-state index in [2.05, 4.69) is 5.32 Å². The number of hydrogen-bond acceptors (Lipinski definition) is 3. The van der Waals surface area contributed by atoms with Crippen molar-refractivity contribution in [3.8, 4) is 0 Å². The average Bonchev–Trinajstić information content (AvgIpc) is 2.66. The van der Waals surface area contributed by atoms with Crippen molar-refractivity contribution >= 4 is 17.7 Å². The molecule has 1 fully saturated rings. The van der Waals surface area contributed by atoms with E-state index in [0.29, 0.717) is 24.6 Å². The normalized spacial score (nSPS) is 23.8. The summed E-state index contributed by atoms with van der Waals surface area (Å²) in [5, 5.41) is 2.26. The number of benzene rings is 1.